The fraction of sp³-hybridized carbons (Fsp3) is 0.462. The van der Waals surface area contributed by atoms with Crippen molar-refractivity contribution in [2.45, 2.75) is 25.3 Å². The summed E-state index contributed by atoms with van der Waals surface area (Å²) in [7, 11) is 0. The smallest absolute Gasteiger partial charge is 0.329 e. The second-order valence-electron chi connectivity index (χ2n) is 5.37. The lowest BCUT2D eigenvalue weighted by molar-refractivity contribution is 0.372. The van der Waals surface area contributed by atoms with Crippen molar-refractivity contribution >= 4 is 57.4 Å². The molecule has 0 N–H and O–H groups in total. The predicted molar refractivity (Wildman–Crippen MR) is 85.7 cm³/mol. The van der Waals surface area contributed by atoms with Gasteiger partial charge >= 0.3 is 5.69 Å². The minimum absolute atomic E-state index is 0.0122. The molecule has 0 saturated carbocycles. The summed E-state index contributed by atoms with van der Waals surface area (Å²) in [6.07, 6.45) is 0.0245. The first-order valence-electron chi connectivity index (χ1n) is 6.67. The molecule has 3 heterocycles. The van der Waals surface area contributed by atoms with Crippen molar-refractivity contribution in [2.24, 2.45) is 0 Å². The summed E-state index contributed by atoms with van der Waals surface area (Å²) < 4.78 is 13.5. The molecule has 0 radical (unpaired) electrons. The molecule has 9 heteroatoms. The highest BCUT2D eigenvalue weighted by Gasteiger charge is 2.32. The third kappa shape index (κ3) is 2.35. The lowest BCUT2D eigenvalue weighted by Crippen LogP contribution is -2.27. The van der Waals surface area contributed by atoms with Gasteiger partial charge in [-0.2, -0.15) is 0 Å². The van der Waals surface area contributed by atoms with E-state index in [9.17, 15) is 4.79 Å². The average Bonchev–Trinajstić information content (AvgIpc) is 3.38. The summed E-state index contributed by atoms with van der Waals surface area (Å²) in [6, 6.07) is 0. The third-order valence-electron chi connectivity index (χ3n) is 3.80. The fourth-order valence-corrected chi connectivity index (χ4v) is 3.57. The van der Waals surface area contributed by atoms with Gasteiger partial charge in [-0.1, -0.05) is 46.4 Å². The zero-order valence-corrected chi connectivity index (χ0v) is 14.1. The van der Waals surface area contributed by atoms with E-state index in [1.807, 2.05) is 0 Å². The Morgan fingerprint density at radius 2 is 1.18 bits per heavy atom. The van der Waals surface area contributed by atoms with E-state index in [0.717, 1.165) is 0 Å². The molecule has 118 valence electrons. The Hall–Kier alpha value is -0.430. The van der Waals surface area contributed by atoms with Gasteiger partial charge in [-0.15, -0.1) is 0 Å². The monoisotopic (exact) mass is 382 g/mol. The molecule has 2 unspecified atom stereocenters. The van der Waals surface area contributed by atoms with Gasteiger partial charge in [0, 0.05) is 0 Å². The van der Waals surface area contributed by atoms with Crippen molar-refractivity contribution in [1.82, 2.24) is 9.13 Å². The fourth-order valence-electron chi connectivity index (χ4n) is 2.53. The van der Waals surface area contributed by atoms with Crippen LogP contribution in [0.15, 0.2) is 4.79 Å². The van der Waals surface area contributed by atoms with E-state index in [0.29, 0.717) is 37.3 Å². The van der Waals surface area contributed by atoms with Crippen molar-refractivity contribution < 1.29 is 9.47 Å². The van der Waals surface area contributed by atoms with Crippen LogP contribution in [0, 0.1) is 0 Å². The maximum absolute atomic E-state index is 12.8. The molecule has 2 atom stereocenters. The van der Waals surface area contributed by atoms with Gasteiger partial charge in [0.1, 0.15) is 0 Å². The molecule has 0 aliphatic carbocycles. The molecule has 2 aliphatic rings. The molecule has 4 rings (SSSR count). The normalized spacial score (nSPS) is 23.3. The first-order valence-corrected chi connectivity index (χ1v) is 8.18. The van der Waals surface area contributed by atoms with Gasteiger partial charge in [-0.3, -0.25) is 9.13 Å². The lowest BCUT2D eigenvalue weighted by atomic mass is 10.3. The van der Waals surface area contributed by atoms with E-state index < -0.39 is 0 Å². The highest BCUT2D eigenvalue weighted by atomic mass is 35.5. The summed E-state index contributed by atoms with van der Waals surface area (Å²) in [4.78, 5) is 12.8. The second kappa shape index (κ2) is 5.30. The summed E-state index contributed by atoms with van der Waals surface area (Å²) in [5, 5.41) is 0.732. The molecule has 22 heavy (non-hydrogen) atoms. The Labute approximate surface area is 145 Å². The number of rotatable bonds is 4. The molecule has 1 aromatic carbocycles. The molecular weight excluding hydrogens is 374 g/mol. The highest BCUT2D eigenvalue weighted by Crippen LogP contribution is 2.43. The van der Waals surface area contributed by atoms with Gasteiger partial charge in [0.05, 0.1) is 69.6 Å². The van der Waals surface area contributed by atoms with Gasteiger partial charge in [0.25, 0.3) is 0 Å². The lowest BCUT2D eigenvalue weighted by Gasteiger charge is -2.08. The number of fused-ring (bicyclic) bond motifs is 1. The number of hydrogen-bond acceptors (Lipinski definition) is 3. The van der Waals surface area contributed by atoms with Crippen LogP contribution >= 0.6 is 46.4 Å². The number of imidazole rings is 1. The Morgan fingerprint density at radius 3 is 1.50 bits per heavy atom. The zero-order valence-electron chi connectivity index (χ0n) is 11.1. The maximum Gasteiger partial charge on any atom is 0.329 e. The minimum Gasteiger partial charge on any atom is -0.371 e. The first-order chi connectivity index (χ1) is 10.5. The largest absolute Gasteiger partial charge is 0.371 e. The van der Waals surface area contributed by atoms with Crippen LogP contribution in [0.4, 0.5) is 0 Å². The van der Waals surface area contributed by atoms with E-state index in [-0.39, 0.29) is 38.0 Å². The standard InChI is InChI=1S/C13H10Cl4N2O3/c14-7-8(15)10(17)12-11(9(7)16)18(1-5-3-21-5)13(20)19(12)2-6-4-22-6/h5-6H,1-4H2. The number of epoxide rings is 2. The van der Waals surface area contributed by atoms with E-state index in [1.54, 1.807) is 9.13 Å². The molecule has 5 nitrogen and oxygen atoms in total. The van der Waals surface area contributed by atoms with Crippen molar-refractivity contribution in [2.75, 3.05) is 13.2 Å². The topological polar surface area (TPSA) is 52.0 Å². The Balaban J connectivity index is 2.03. The maximum atomic E-state index is 12.8. The molecule has 2 fully saturated rings. The van der Waals surface area contributed by atoms with Crippen LogP contribution in [0.25, 0.3) is 11.0 Å². The average molecular weight is 384 g/mol. The molecule has 2 aromatic rings. The van der Waals surface area contributed by atoms with Crippen molar-refractivity contribution in [1.29, 1.82) is 0 Å². The van der Waals surface area contributed by atoms with Gasteiger partial charge in [0.15, 0.2) is 0 Å². The van der Waals surface area contributed by atoms with Gasteiger partial charge in [-0.25, -0.2) is 4.79 Å². The number of ether oxygens (including phenoxy) is 2. The highest BCUT2D eigenvalue weighted by molar-refractivity contribution is 6.55. The van der Waals surface area contributed by atoms with Crippen molar-refractivity contribution in [3.8, 4) is 0 Å². The van der Waals surface area contributed by atoms with Crippen molar-refractivity contribution in [3.63, 3.8) is 0 Å². The van der Waals surface area contributed by atoms with E-state index in [1.165, 1.54) is 0 Å². The van der Waals surface area contributed by atoms with Crippen LogP contribution in [0.5, 0.6) is 0 Å². The minimum atomic E-state index is -0.219. The molecule has 0 bridgehead atoms. The second-order valence-corrected chi connectivity index (χ2v) is 6.88. The molecule has 0 amide bonds. The van der Waals surface area contributed by atoms with E-state index in [4.69, 9.17) is 55.9 Å². The zero-order chi connectivity index (χ0) is 15.6. The molecular formula is C13H10Cl4N2O3. The first kappa shape index (κ1) is 15.1. The van der Waals surface area contributed by atoms with Crippen LogP contribution in [-0.4, -0.2) is 34.6 Å². The quantitative estimate of drug-likeness (QED) is 0.462. The Kier molecular flexibility index (Phi) is 3.64. The molecule has 0 spiro atoms. The molecule has 2 aliphatic heterocycles. The predicted octanol–water partition coefficient (Wildman–Crippen LogP) is 3.21. The summed E-state index contributed by atoms with van der Waals surface area (Å²) in [6.45, 7) is 2.05. The van der Waals surface area contributed by atoms with E-state index in [2.05, 4.69) is 0 Å². The number of benzene rings is 1. The third-order valence-corrected chi connectivity index (χ3v) is 5.58. The Morgan fingerprint density at radius 1 is 0.818 bits per heavy atom. The number of aromatic nitrogens is 2. The van der Waals surface area contributed by atoms with Crippen LogP contribution in [0.2, 0.25) is 20.1 Å². The molecule has 1 aromatic heterocycles. The SMILES string of the molecule is O=c1n(CC2CO2)c2c(Cl)c(Cl)c(Cl)c(Cl)c2n1CC1CO1. The number of hydrogen-bond donors (Lipinski definition) is 0. The Bertz CT molecular complexity index is 770. The summed E-state index contributed by atoms with van der Waals surface area (Å²) >= 11 is 24.9. The van der Waals surface area contributed by atoms with Crippen molar-refractivity contribution in [3.05, 3.63) is 30.6 Å². The van der Waals surface area contributed by atoms with Crippen LogP contribution in [0.1, 0.15) is 0 Å². The number of nitrogens with zero attached hydrogens (tertiary/aromatic N) is 2. The van der Waals surface area contributed by atoms with E-state index >= 15 is 0 Å². The van der Waals surface area contributed by atoms with Gasteiger partial charge < -0.3 is 9.47 Å². The van der Waals surface area contributed by atoms with Gasteiger partial charge in [-0.05, 0) is 0 Å². The summed E-state index contributed by atoms with van der Waals surface area (Å²) in [5.74, 6) is 0. The van der Waals surface area contributed by atoms with Gasteiger partial charge in [0.2, 0.25) is 0 Å². The van der Waals surface area contributed by atoms with Crippen LogP contribution < -0.4 is 5.69 Å². The molecule has 2 saturated heterocycles. The van der Waals surface area contributed by atoms with Crippen LogP contribution in [-0.2, 0) is 22.6 Å². The number of halogens is 4. The summed E-state index contributed by atoms with van der Waals surface area (Å²) in [5.41, 5.74) is 0.757. The van der Waals surface area contributed by atoms with Crippen LogP contribution in [0.3, 0.4) is 0 Å².